The maximum Gasteiger partial charge on any atom is 0.207 e. The molecule has 1 aromatic carbocycles. The number of fused-ring (bicyclic) bond motifs is 1. The first-order valence-electron chi connectivity index (χ1n) is 5.59. The van der Waals surface area contributed by atoms with Gasteiger partial charge in [-0.15, -0.1) is 0 Å². The van der Waals surface area contributed by atoms with E-state index in [4.69, 9.17) is 22.6 Å². The molecule has 2 heterocycles. The summed E-state index contributed by atoms with van der Waals surface area (Å²) >= 11 is 5.85. The summed E-state index contributed by atoms with van der Waals surface area (Å²) in [4.78, 5) is 8.31. The van der Waals surface area contributed by atoms with Crippen LogP contribution in [0.2, 0.25) is 5.02 Å². The average molecular weight is 288 g/mol. The van der Waals surface area contributed by atoms with Gasteiger partial charge in [-0.1, -0.05) is 11.6 Å². The van der Waals surface area contributed by atoms with Gasteiger partial charge in [0.2, 0.25) is 5.95 Å². The van der Waals surface area contributed by atoms with Crippen LogP contribution < -0.4 is 5.73 Å². The van der Waals surface area contributed by atoms with Gasteiger partial charge in [0.25, 0.3) is 0 Å². The Morgan fingerprint density at radius 1 is 1.35 bits per heavy atom. The van der Waals surface area contributed by atoms with Crippen molar-refractivity contribution in [2.75, 3.05) is 5.73 Å². The molecule has 0 aliphatic heterocycles. The lowest BCUT2D eigenvalue weighted by atomic mass is 10.2. The molecule has 0 bridgehead atoms. The molecule has 0 aliphatic rings. The molecule has 0 unspecified atom stereocenters. The van der Waals surface area contributed by atoms with Crippen molar-refractivity contribution < 1.29 is 4.39 Å². The van der Waals surface area contributed by atoms with E-state index >= 15 is 0 Å². The third kappa shape index (κ3) is 1.85. The molecule has 2 N–H and O–H groups in total. The van der Waals surface area contributed by atoms with Gasteiger partial charge in [-0.3, -0.25) is 4.57 Å². The van der Waals surface area contributed by atoms with Crippen LogP contribution in [0.5, 0.6) is 0 Å². The standard InChI is InChI=1S/C13H7ClFN5/c14-8-4-11-12(18-6-8)20(13(17)19-11)9-1-2-10(15)7(3-9)5-16/h1-4,6H,(H2,17,19). The molecule has 5 nitrogen and oxygen atoms in total. The number of halogens is 2. The normalized spacial score (nSPS) is 10.7. The van der Waals surface area contributed by atoms with Crippen molar-refractivity contribution >= 4 is 28.7 Å². The summed E-state index contributed by atoms with van der Waals surface area (Å²) < 4.78 is 14.9. The van der Waals surface area contributed by atoms with Crippen LogP contribution in [-0.4, -0.2) is 14.5 Å². The molecule has 0 atom stereocenters. The molecule has 20 heavy (non-hydrogen) atoms. The van der Waals surface area contributed by atoms with E-state index < -0.39 is 5.82 Å². The molecular weight excluding hydrogens is 281 g/mol. The third-order valence-corrected chi connectivity index (χ3v) is 3.03. The van der Waals surface area contributed by atoms with Gasteiger partial charge in [-0.05, 0) is 24.3 Å². The number of aromatic nitrogens is 3. The minimum atomic E-state index is -0.588. The highest BCUT2D eigenvalue weighted by molar-refractivity contribution is 6.31. The number of benzene rings is 1. The molecule has 0 saturated heterocycles. The second-order valence-corrected chi connectivity index (χ2v) is 4.51. The Labute approximate surface area is 118 Å². The zero-order chi connectivity index (χ0) is 14.3. The van der Waals surface area contributed by atoms with Crippen LogP contribution in [0.1, 0.15) is 5.56 Å². The monoisotopic (exact) mass is 287 g/mol. The summed E-state index contributed by atoms with van der Waals surface area (Å²) in [6.45, 7) is 0. The number of imidazole rings is 1. The van der Waals surface area contributed by atoms with Gasteiger partial charge in [0, 0.05) is 6.20 Å². The summed E-state index contributed by atoms with van der Waals surface area (Å²) in [6, 6.07) is 7.51. The van der Waals surface area contributed by atoms with Crippen molar-refractivity contribution in [2.24, 2.45) is 0 Å². The topological polar surface area (TPSA) is 80.5 Å². The molecule has 0 radical (unpaired) electrons. The zero-order valence-electron chi connectivity index (χ0n) is 10.0. The van der Waals surface area contributed by atoms with E-state index in [1.165, 1.54) is 29.0 Å². The lowest BCUT2D eigenvalue weighted by Gasteiger charge is -2.06. The predicted octanol–water partition coefficient (Wildman–Crippen LogP) is 2.67. The van der Waals surface area contributed by atoms with Crippen LogP contribution >= 0.6 is 11.6 Å². The second kappa shape index (κ2) is 4.47. The van der Waals surface area contributed by atoms with Crippen LogP contribution in [0.4, 0.5) is 10.3 Å². The van der Waals surface area contributed by atoms with Crippen LogP contribution in [0, 0.1) is 17.1 Å². The van der Waals surface area contributed by atoms with E-state index in [0.29, 0.717) is 21.9 Å². The van der Waals surface area contributed by atoms with Crippen LogP contribution in [0.25, 0.3) is 16.9 Å². The molecule has 0 spiro atoms. The Bertz CT molecular complexity index is 865. The quantitative estimate of drug-likeness (QED) is 0.746. The van der Waals surface area contributed by atoms with E-state index in [0.717, 1.165) is 0 Å². The van der Waals surface area contributed by atoms with Gasteiger partial charge < -0.3 is 5.73 Å². The summed E-state index contributed by atoms with van der Waals surface area (Å²) in [5, 5.41) is 9.32. The molecule has 7 heteroatoms. The maximum absolute atomic E-state index is 13.4. The highest BCUT2D eigenvalue weighted by Gasteiger charge is 2.13. The number of hydrogen-bond donors (Lipinski definition) is 1. The Morgan fingerprint density at radius 2 is 2.15 bits per heavy atom. The molecular formula is C13H7ClFN5. The van der Waals surface area contributed by atoms with E-state index in [1.807, 2.05) is 0 Å². The van der Waals surface area contributed by atoms with Crippen molar-refractivity contribution in [1.82, 2.24) is 14.5 Å². The summed E-state index contributed by atoms with van der Waals surface area (Å²) in [7, 11) is 0. The lowest BCUT2D eigenvalue weighted by Crippen LogP contribution is -2.02. The Kier molecular flexibility index (Phi) is 2.77. The molecule has 0 saturated carbocycles. The van der Waals surface area contributed by atoms with Gasteiger partial charge >= 0.3 is 0 Å². The molecule has 2 aromatic heterocycles. The number of hydrogen-bond acceptors (Lipinski definition) is 4. The van der Waals surface area contributed by atoms with E-state index in [1.54, 1.807) is 12.1 Å². The smallest absolute Gasteiger partial charge is 0.207 e. The summed E-state index contributed by atoms with van der Waals surface area (Å²) in [6.07, 6.45) is 1.47. The van der Waals surface area contributed by atoms with Crippen LogP contribution in [0.15, 0.2) is 30.5 Å². The predicted molar refractivity (Wildman–Crippen MR) is 73.0 cm³/mol. The van der Waals surface area contributed by atoms with Crippen molar-refractivity contribution in [3.05, 3.63) is 46.9 Å². The van der Waals surface area contributed by atoms with Crippen LogP contribution in [0.3, 0.4) is 0 Å². The number of pyridine rings is 1. The number of anilines is 1. The molecule has 0 fully saturated rings. The van der Waals surface area contributed by atoms with Crippen molar-refractivity contribution in [3.63, 3.8) is 0 Å². The van der Waals surface area contributed by atoms with Gasteiger partial charge in [-0.25, -0.2) is 14.4 Å². The van der Waals surface area contributed by atoms with Crippen molar-refractivity contribution in [3.8, 4) is 11.8 Å². The van der Waals surface area contributed by atoms with Crippen molar-refractivity contribution in [1.29, 1.82) is 5.26 Å². The van der Waals surface area contributed by atoms with Gasteiger partial charge in [0.1, 0.15) is 17.4 Å². The zero-order valence-corrected chi connectivity index (χ0v) is 10.8. The minimum Gasteiger partial charge on any atom is -0.369 e. The van der Waals surface area contributed by atoms with E-state index in [-0.39, 0.29) is 11.5 Å². The number of nitrogens with zero attached hydrogens (tertiary/aromatic N) is 4. The third-order valence-electron chi connectivity index (χ3n) is 2.82. The molecule has 3 aromatic rings. The van der Waals surface area contributed by atoms with E-state index in [9.17, 15) is 4.39 Å². The number of nitrogen functional groups attached to an aromatic ring is 1. The number of nitrogens with two attached hydrogens (primary N) is 1. The molecule has 3 rings (SSSR count). The SMILES string of the molecule is N#Cc1cc(-n2c(N)nc3cc(Cl)cnc32)ccc1F. The summed E-state index contributed by atoms with van der Waals surface area (Å²) in [5.74, 6) is -0.402. The van der Waals surface area contributed by atoms with Crippen molar-refractivity contribution in [2.45, 2.75) is 0 Å². The van der Waals surface area contributed by atoms with E-state index in [2.05, 4.69) is 9.97 Å². The maximum atomic E-state index is 13.4. The van der Waals surface area contributed by atoms with Gasteiger partial charge in [0.15, 0.2) is 5.65 Å². The van der Waals surface area contributed by atoms with Gasteiger partial charge in [-0.2, -0.15) is 5.26 Å². The average Bonchev–Trinajstić information content (AvgIpc) is 2.74. The Morgan fingerprint density at radius 3 is 2.90 bits per heavy atom. The summed E-state index contributed by atoms with van der Waals surface area (Å²) in [5.41, 5.74) is 7.31. The van der Waals surface area contributed by atoms with Gasteiger partial charge in [0.05, 0.1) is 16.3 Å². The first-order valence-corrected chi connectivity index (χ1v) is 5.97. The highest BCUT2D eigenvalue weighted by Crippen LogP contribution is 2.24. The first kappa shape index (κ1) is 12.4. The Hall–Kier alpha value is -2.65. The van der Waals surface area contributed by atoms with Crippen LogP contribution in [-0.2, 0) is 0 Å². The largest absolute Gasteiger partial charge is 0.369 e. The fourth-order valence-corrected chi connectivity index (χ4v) is 2.10. The fourth-order valence-electron chi connectivity index (χ4n) is 1.95. The Balaban J connectivity index is 2.29. The molecule has 98 valence electrons. The molecule has 0 aliphatic carbocycles. The molecule has 0 amide bonds. The first-order chi connectivity index (χ1) is 9.60. The number of rotatable bonds is 1. The number of nitriles is 1. The minimum absolute atomic E-state index is 0.0716. The highest BCUT2D eigenvalue weighted by atomic mass is 35.5. The fraction of sp³-hybridized carbons (Fsp3) is 0. The second-order valence-electron chi connectivity index (χ2n) is 4.08. The lowest BCUT2D eigenvalue weighted by molar-refractivity contribution is 0.623.